The van der Waals surface area contributed by atoms with Crippen molar-refractivity contribution in [3.63, 3.8) is 0 Å². The molecule has 0 amide bonds. The van der Waals surface area contributed by atoms with Gasteiger partial charge >= 0.3 is 0 Å². The van der Waals surface area contributed by atoms with Gasteiger partial charge in [-0.2, -0.15) is 0 Å². The topological polar surface area (TPSA) is 44.5 Å². The summed E-state index contributed by atoms with van der Waals surface area (Å²) in [6.07, 6.45) is 3.34. The summed E-state index contributed by atoms with van der Waals surface area (Å²) < 4.78 is 10.8. The maximum atomic E-state index is 5.92. The first kappa shape index (κ1) is 13.4. The van der Waals surface area contributed by atoms with E-state index in [1.807, 2.05) is 13.8 Å². The molecule has 0 heterocycles. The van der Waals surface area contributed by atoms with Crippen molar-refractivity contribution in [2.75, 3.05) is 13.2 Å². The maximum absolute atomic E-state index is 5.92. The predicted octanol–water partition coefficient (Wildman–Crippen LogP) is 1.50. The van der Waals surface area contributed by atoms with Crippen molar-refractivity contribution >= 4 is 0 Å². The zero-order valence-corrected chi connectivity index (χ0v) is 9.11. The first-order valence-corrected chi connectivity index (χ1v) is 4.84. The van der Waals surface area contributed by atoms with Crippen LogP contribution in [-0.2, 0) is 9.47 Å². The summed E-state index contributed by atoms with van der Waals surface area (Å²) >= 11 is 0. The summed E-state index contributed by atoms with van der Waals surface area (Å²) in [6.45, 7) is 12.1. The van der Waals surface area contributed by atoms with Crippen molar-refractivity contribution in [2.24, 2.45) is 5.73 Å². The van der Waals surface area contributed by atoms with E-state index >= 15 is 0 Å². The molecular weight excluding hydrogens is 178 g/mol. The zero-order chi connectivity index (χ0) is 11.0. The van der Waals surface area contributed by atoms with Gasteiger partial charge < -0.3 is 15.2 Å². The number of hydrogen-bond acceptors (Lipinski definition) is 3. The van der Waals surface area contributed by atoms with Gasteiger partial charge in [0.1, 0.15) is 0 Å². The minimum atomic E-state index is -0.130. The van der Waals surface area contributed by atoms with Crippen LogP contribution in [0.15, 0.2) is 25.3 Å². The minimum absolute atomic E-state index is 0.0344. The van der Waals surface area contributed by atoms with Crippen molar-refractivity contribution < 1.29 is 9.47 Å². The van der Waals surface area contributed by atoms with Crippen molar-refractivity contribution in [1.29, 1.82) is 0 Å². The molecule has 0 fully saturated rings. The van der Waals surface area contributed by atoms with Crippen LogP contribution in [0.5, 0.6) is 0 Å². The third kappa shape index (κ3) is 5.17. The van der Waals surface area contributed by atoms with E-state index in [0.717, 1.165) is 0 Å². The number of nitrogens with two attached hydrogens (primary N) is 1. The Morgan fingerprint density at radius 2 is 1.43 bits per heavy atom. The van der Waals surface area contributed by atoms with Crippen LogP contribution in [0.25, 0.3) is 0 Å². The second kappa shape index (κ2) is 7.74. The molecule has 82 valence electrons. The van der Waals surface area contributed by atoms with E-state index < -0.39 is 0 Å². The van der Waals surface area contributed by atoms with E-state index in [4.69, 9.17) is 15.2 Å². The van der Waals surface area contributed by atoms with E-state index in [2.05, 4.69) is 13.2 Å². The van der Waals surface area contributed by atoms with E-state index in [9.17, 15) is 0 Å². The Kier molecular flexibility index (Phi) is 7.38. The maximum Gasteiger partial charge on any atom is 0.0727 e. The molecule has 0 aromatic heterocycles. The Labute approximate surface area is 86.6 Å². The molecule has 2 atom stereocenters. The highest BCUT2D eigenvalue weighted by Crippen LogP contribution is 2.05. The van der Waals surface area contributed by atoms with Gasteiger partial charge in [0, 0.05) is 0 Å². The van der Waals surface area contributed by atoms with E-state index in [1.54, 1.807) is 12.2 Å². The number of rotatable bonds is 8. The highest BCUT2D eigenvalue weighted by molar-refractivity contribution is 4.79. The van der Waals surface area contributed by atoms with Gasteiger partial charge in [0.2, 0.25) is 0 Å². The molecule has 0 aromatic rings. The monoisotopic (exact) mass is 199 g/mol. The lowest BCUT2D eigenvalue weighted by atomic mass is 10.1. The first-order chi connectivity index (χ1) is 6.63. The van der Waals surface area contributed by atoms with Crippen molar-refractivity contribution in [2.45, 2.75) is 32.1 Å². The summed E-state index contributed by atoms with van der Waals surface area (Å²) in [4.78, 5) is 0. The summed E-state index contributed by atoms with van der Waals surface area (Å²) in [7, 11) is 0. The fourth-order valence-electron chi connectivity index (χ4n) is 1.04. The van der Waals surface area contributed by atoms with Gasteiger partial charge in [-0.05, 0) is 13.8 Å². The third-order valence-corrected chi connectivity index (χ3v) is 2.04. The third-order valence-electron chi connectivity index (χ3n) is 2.04. The fraction of sp³-hybridized carbons (Fsp3) is 0.636. The summed E-state index contributed by atoms with van der Waals surface area (Å²) in [5.41, 5.74) is 5.92. The molecule has 3 heteroatoms. The van der Waals surface area contributed by atoms with Crippen LogP contribution in [0.3, 0.4) is 0 Å². The highest BCUT2D eigenvalue weighted by Gasteiger charge is 2.19. The molecule has 0 bridgehead atoms. The van der Waals surface area contributed by atoms with Crippen LogP contribution in [0.4, 0.5) is 0 Å². The highest BCUT2D eigenvalue weighted by atomic mass is 16.5. The lowest BCUT2D eigenvalue weighted by Gasteiger charge is -2.25. The SMILES string of the molecule is C=CCOC(C)C(N)C(C)OCC=C. The summed E-state index contributed by atoms with van der Waals surface area (Å²) in [5.74, 6) is 0. The van der Waals surface area contributed by atoms with Gasteiger partial charge in [-0.1, -0.05) is 12.2 Å². The average Bonchev–Trinajstić information content (AvgIpc) is 2.21. The molecule has 0 saturated carbocycles. The van der Waals surface area contributed by atoms with Gasteiger partial charge in [-0.25, -0.2) is 0 Å². The van der Waals surface area contributed by atoms with Crippen LogP contribution < -0.4 is 5.73 Å². The van der Waals surface area contributed by atoms with Crippen LogP contribution in [-0.4, -0.2) is 31.5 Å². The van der Waals surface area contributed by atoms with Crippen molar-refractivity contribution in [3.05, 3.63) is 25.3 Å². The van der Waals surface area contributed by atoms with Crippen LogP contribution in [0.1, 0.15) is 13.8 Å². The Morgan fingerprint density at radius 1 is 1.07 bits per heavy atom. The second-order valence-corrected chi connectivity index (χ2v) is 3.23. The smallest absolute Gasteiger partial charge is 0.0727 e. The largest absolute Gasteiger partial charge is 0.373 e. The molecule has 3 nitrogen and oxygen atoms in total. The summed E-state index contributed by atoms with van der Waals surface area (Å²) in [5, 5.41) is 0. The standard InChI is InChI=1S/C11H21NO2/c1-5-7-13-9(3)11(12)10(4)14-8-6-2/h5-6,9-11H,1-2,7-8,12H2,3-4H3. The Hall–Kier alpha value is -0.640. The minimum Gasteiger partial charge on any atom is -0.373 e. The zero-order valence-electron chi connectivity index (χ0n) is 9.11. The molecule has 0 saturated heterocycles. The predicted molar refractivity (Wildman–Crippen MR) is 59.2 cm³/mol. The van der Waals surface area contributed by atoms with E-state index in [1.165, 1.54) is 0 Å². The Bertz CT molecular complexity index is 153. The van der Waals surface area contributed by atoms with Gasteiger partial charge in [-0.3, -0.25) is 0 Å². The van der Waals surface area contributed by atoms with Gasteiger partial charge in [0.25, 0.3) is 0 Å². The quantitative estimate of drug-likeness (QED) is 0.602. The van der Waals surface area contributed by atoms with Crippen molar-refractivity contribution in [3.8, 4) is 0 Å². The van der Waals surface area contributed by atoms with Crippen molar-refractivity contribution in [1.82, 2.24) is 0 Å². The summed E-state index contributed by atoms with van der Waals surface area (Å²) in [6, 6.07) is -0.130. The van der Waals surface area contributed by atoms with Crippen LogP contribution in [0.2, 0.25) is 0 Å². The van der Waals surface area contributed by atoms with Crippen LogP contribution >= 0.6 is 0 Å². The molecule has 0 aliphatic rings. The normalized spacial score (nSPS) is 17.1. The van der Waals surface area contributed by atoms with E-state index in [-0.39, 0.29) is 18.2 Å². The fourth-order valence-corrected chi connectivity index (χ4v) is 1.04. The van der Waals surface area contributed by atoms with Gasteiger partial charge in [0.15, 0.2) is 0 Å². The molecule has 14 heavy (non-hydrogen) atoms. The molecule has 2 N–H and O–H groups in total. The second-order valence-electron chi connectivity index (χ2n) is 3.23. The van der Waals surface area contributed by atoms with E-state index in [0.29, 0.717) is 13.2 Å². The molecule has 0 aliphatic carbocycles. The lowest BCUT2D eigenvalue weighted by Crippen LogP contribution is -2.44. The molecular formula is C11H21NO2. The molecule has 0 spiro atoms. The molecule has 0 aliphatic heterocycles. The Morgan fingerprint density at radius 3 is 1.71 bits per heavy atom. The number of ether oxygens (including phenoxy) is 2. The average molecular weight is 199 g/mol. The van der Waals surface area contributed by atoms with Gasteiger partial charge in [-0.15, -0.1) is 13.2 Å². The molecule has 0 rings (SSSR count). The number of hydrogen-bond donors (Lipinski definition) is 1. The first-order valence-electron chi connectivity index (χ1n) is 4.84. The lowest BCUT2D eigenvalue weighted by molar-refractivity contribution is -0.00311. The molecule has 2 unspecified atom stereocenters. The van der Waals surface area contributed by atoms with Gasteiger partial charge in [0.05, 0.1) is 31.5 Å². The van der Waals surface area contributed by atoms with Crippen LogP contribution in [0, 0.1) is 0 Å². The molecule has 0 aromatic carbocycles. The Balaban J connectivity index is 3.82. The molecule has 0 radical (unpaired) electrons.